The van der Waals surface area contributed by atoms with Gasteiger partial charge in [0.25, 0.3) is 0 Å². The largest absolute Gasteiger partial charge is 0.385 e. The Balaban J connectivity index is 0.000000487. The van der Waals surface area contributed by atoms with Crippen molar-refractivity contribution in [1.29, 1.82) is 0 Å². The highest BCUT2D eigenvalue weighted by atomic mass is 35.5. The fraction of sp³-hybridized carbons (Fsp3) is 0.400. The number of halogens is 1. The molecule has 16 heavy (non-hydrogen) atoms. The van der Waals surface area contributed by atoms with E-state index in [2.05, 4.69) is 4.74 Å². The molecule has 0 unspecified atom stereocenters. The smallest absolute Gasteiger partial charge is 0.238 e. The summed E-state index contributed by atoms with van der Waals surface area (Å²) in [6.45, 7) is 4.50. The second-order valence-electron chi connectivity index (χ2n) is 3.03. The number of hydrogen-bond donors (Lipinski definition) is 1. The summed E-state index contributed by atoms with van der Waals surface area (Å²) in [6, 6.07) is 4.33. The first-order valence-electron chi connectivity index (χ1n) is 4.60. The Hall–Kier alpha value is -0.620. The summed E-state index contributed by atoms with van der Waals surface area (Å²) in [5, 5.41) is 5.43. The summed E-state index contributed by atoms with van der Waals surface area (Å²) in [7, 11) is -1.92. The lowest BCUT2D eigenvalue weighted by Crippen LogP contribution is -2.12. The van der Waals surface area contributed by atoms with Crippen LogP contribution in [-0.2, 0) is 14.8 Å². The van der Waals surface area contributed by atoms with Crippen LogP contribution in [0.25, 0.3) is 0 Å². The minimum Gasteiger partial charge on any atom is -0.385 e. The Morgan fingerprint density at radius 3 is 2.25 bits per heavy atom. The SMILES string of the molecule is CCOC.Cc1cc(S(N)(=O)=O)ccc1Cl. The molecular formula is C10H16ClNO3S. The van der Waals surface area contributed by atoms with Gasteiger partial charge < -0.3 is 4.74 Å². The average molecular weight is 266 g/mol. The van der Waals surface area contributed by atoms with Gasteiger partial charge in [0.15, 0.2) is 0 Å². The van der Waals surface area contributed by atoms with Crippen LogP contribution < -0.4 is 5.14 Å². The van der Waals surface area contributed by atoms with Crippen molar-refractivity contribution in [2.75, 3.05) is 13.7 Å². The monoisotopic (exact) mass is 265 g/mol. The van der Waals surface area contributed by atoms with Crippen molar-refractivity contribution in [3.8, 4) is 0 Å². The van der Waals surface area contributed by atoms with Crippen molar-refractivity contribution < 1.29 is 13.2 Å². The lowest BCUT2D eigenvalue weighted by Gasteiger charge is -2.00. The van der Waals surface area contributed by atoms with E-state index in [4.69, 9.17) is 16.7 Å². The number of ether oxygens (including phenoxy) is 1. The van der Waals surface area contributed by atoms with Crippen molar-refractivity contribution in [2.45, 2.75) is 18.7 Å². The van der Waals surface area contributed by atoms with Crippen LogP contribution in [0.4, 0.5) is 0 Å². The van der Waals surface area contributed by atoms with E-state index in [1.54, 1.807) is 14.0 Å². The molecular weight excluding hydrogens is 250 g/mol. The third-order valence-electron chi connectivity index (χ3n) is 1.75. The molecule has 0 radical (unpaired) electrons. The molecule has 0 amide bonds. The molecule has 1 aromatic rings. The van der Waals surface area contributed by atoms with Gasteiger partial charge in [-0.2, -0.15) is 0 Å². The molecule has 0 saturated carbocycles. The molecule has 0 atom stereocenters. The van der Waals surface area contributed by atoms with Gasteiger partial charge in [0.2, 0.25) is 10.0 Å². The maximum Gasteiger partial charge on any atom is 0.238 e. The molecule has 6 heteroatoms. The van der Waals surface area contributed by atoms with Crippen LogP contribution in [-0.4, -0.2) is 22.1 Å². The Kier molecular flexibility index (Phi) is 6.59. The Labute approximate surface area is 101 Å². The zero-order valence-corrected chi connectivity index (χ0v) is 11.1. The van der Waals surface area contributed by atoms with Gasteiger partial charge in [-0.25, -0.2) is 13.6 Å². The Bertz CT molecular complexity index is 430. The van der Waals surface area contributed by atoms with Crippen molar-refractivity contribution in [3.05, 3.63) is 28.8 Å². The summed E-state index contributed by atoms with van der Waals surface area (Å²) in [5.41, 5.74) is 0.697. The minimum atomic E-state index is -3.60. The highest BCUT2D eigenvalue weighted by Gasteiger charge is 2.07. The predicted octanol–water partition coefficient (Wildman–Crippen LogP) is 1.95. The van der Waals surface area contributed by atoms with Crippen LogP contribution in [0.1, 0.15) is 12.5 Å². The molecule has 0 spiro atoms. The standard InChI is InChI=1S/C7H8ClNO2S.C3H8O/c1-5-4-6(12(9,10)11)2-3-7(5)8;1-3-4-2/h2-4H,1H3,(H2,9,10,11);3H2,1-2H3. The first kappa shape index (κ1) is 15.4. The topological polar surface area (TPSA) is 69.4 Å². The molecule has 0 saturated heterocycles. The van der Waals surface area contributed by atoms with Gasteiger partial charge in [-0.1, -0.05) is 11.6 Å². The number of rotatable bonds is 2. The third kappa shape index (κ3) is 5.46. The van der Waals surface area contributed by atoms with Gasteiger partial charge in [-0.3, -0.25) is 0 Å². The molecule has 0 bridgehead atoms. The van der Waals surface area contributed by atoms with Crippen LogP contribution in [0, 0.1) is 6.92 Å². The van der Waals surface area contributed by atoms with Crippen LogP contribution in [0.5, 0.6) is 0 Å². The first-order valence-corrected chi connectivity index (χ1v) is 6.53. The van der Waals surface area contributed by atoms with Gasteiger partial charge in [0, 0.05) is 18.7 Å². The summed E-state index contributed by atoms with van der Waals surface area (Å²) in [4.78, 5) is 0.0874. The second-order valence-corrected chi connectivity index (χ2v) is 5.00. The molecule has 92 valence electrons. The number of sulfonamides is 1. The number of hydrogen-bond acceptors (Lipinski definition) is 3. The normalized spacial score (nSPS) is 10.6. The molecule has 0 aliphatic carbocycles. The molecule has 0 aromatic heterocycles. The van der Waals surface area contributed by atoms with E-state index in [0.717, 1.165) is 6.61 Å². The quantitative estimate of drug-likeness (QED) is 0.889. The predicted molar refractivity (Wildman–Crippen MR) is 65.1 cm³/mol. The molecule has 0 aliphatic rings. The van der Waals surface area contributed by atoms with Crippen LogP contribution in [0.15, 0.2) is 23.1 Å². The molecule has 1 rings (SSSR count). The van der Waals surface area contributed by atoms with E-state index in [-0.39, 0.29) is 4.90 Å². The summed E-state index contributed by atoms with van der Waals surface area (Å²) in [6.07, 6.45) is 0. The van der Waals surface area contributed by atoms with Crippen LogP contribution in [0.3, 0.4) is 0 Å². The van der Waals surface area contributed by atoms with E-state index < -0.39 is 10.0 Å². The number of methoxy groups -OCH3 is 1. The van der Waals surface area contributed by atoms with Gasteiger partial charge in [-0.15, -0.1) is 0 Å². The van der Waals surface area contributed by atoms with Crippen molar-refractivity contribution in [1.82, 2.24) is 0 Å². The molecule has 2 N–H and O–H groups in total. The summed E-state index contributed by atoms with van der Waals surface area (Å²) >= 11 is 5.70. The van der Waals surface area contributed by atoms with Crippen molar-refractivity contribution >= 4 is 21.6 Å². The van der Waals surface area contributed by atoms with E-state index in [0.29, 0.717) is 10.6 Å². The van der Waals surface area contributed by atoms with Gasteiger partial charge >= 0.3 is 0 Å². The van der Waals surface area contributed by atoms with E-state index >= 15 is 0 Å². The molecule has 0 heterocycles. The molecule has 1 aromatic carbocycles. The fourth-order valence-electron chi connectivity index (χ4n) is 0.794. The zero-order chi connectivity index (χ0) is 12.8. The Morgan fingerprint density at radius 2 is 1.94 bits per heavy atom. The molecule has 0 aliphatic heterocycles. The number of aryl methyl sites for hydroxylation is 1. The van der Waals surface area contributed by atoms with Crippen molar-refractivity contribution in [2.24, 2.45) is 5.14 Å². The van der Waals surface area contributed by atoms with Gasteiger partial charge in [-0.05, 0) is 37.6 Å². The van der Waals surface area contributed by atoms with Crippen LogP contribution in [0.2, 0.25) is 5.02 Å². The number of benzene rings is 1. The van der Waals surface area contributed by atoms with Gasteiger partial charge in [0.1, 0.15) is 0 Å². The maximum absolute atomic E-state index is 10.8. The number of primary sulfonamides is 1. The maximum atomic E-state index is 10.8. The number of nitrogens with two attached hydrogens (primary N) is 1. The molecule has 0 fully saturated rings. The summed E-state index contributed by atoms with van der Waals surface area (Å²) in [5.74, 6) is 0. The van der Waals surface area contributed by atoms with Crippen LogP contribution >= 0.6 is 11.6 Å². The molecule has 4 nitrogen and oxygen atoms in total. The third-order valence-corrected chi connectivity index (χ3v) is 3.08. The highest BCUT2D eigenvalue weighted by molar-refractivity contribution is 7.89. The highest BCUT2D eigenvalue weighted by Crippen LogP contribution is 2.18. The van der Waals surface area contributed by atoms with E-state index in [1.807, 2.05) is 6.92 Å². The lowest BCUT2D eigenvalue weighted by molar-refractivity contribution is 0.215. The Morgan fingerprint density at radius 1 is 1.44 bits per heavy atom. The van der Waals surface area contributed by atoms with E-state index in [1.165, 1.54) is 18.2 Å². The fourth-order valence-corrected chi connectivity index (χ4v) is 1.51. The zero-order valence-electron chi connectivity index (χ0n) is 9.53. The lowest BCUT2D eigenvalue weighted by atomic mass is 10.2. The van der Waals surface area contributed by atoms with E-state index in [9.17, 15) is 8.42 Å². The van der Waals surface area contributed by atoms with Crippen molar-refractivity contribution in [3.63, 3.8) is 0 Å². The first-order chi connectivity index (χ1) is 7.32. The minimum absolute atomic E-state index is 0.0874. The van der Waals surface area contributed by atoms with Gasteiger partial charge in [0.05, 0.1) is 4.90 Å². The second kappa shape index (κ2) is 6.85. The average Bonchev–Trinajstić information content (AvgIpc) is 2.21. The summed E-state index contributed by atoms with van der Waals surface area (Å²) < 4.78 is 26.2.